The summed E-state index contributed by atoms with van der Waals surface area (Å²) in [6.07, 6.45) is 6.85. The van der Waals surface area contributed by atoms with Gasteiger partial charge in [0.2, 0.25) is 5.91 Å². The van der Waals surface area contributed by atoms with E-state index in [0.717, 1.165) is 62.3 Å². The molecule has 2 heterocycles. The first-order chi connectivity index (χ1) is 15.9. The lowest BCUT2D eigenvalue weighted by Crippen LogP contribution is -2.46. The molecule has 2 aliphatic heterocycles. The minimum Gasteiger partial charge on any atom is -0.490 e. The van der Waals surface area contributed by atoms with E-state index in [-0.39, 0.29) is 16.7 Å². The Morgan fingerprint density at radius 2 is 1.85 bits per heavy atom. The van der Waals surface area contributed by atoms with Crippen LogP contribution in [0.15, 0.2) is 41.3 Å². The Labute approximate surface area is 200 Å². The third-order valence-corrected chi connectivity index (χ3v) is 8.76. The number of fused-ring (bicyclic) bond motifs is 3. The molecule has 0 aromatic heterocycles. The van der Waals surface area contributed by atoms with Crippen LogP contribution in [-0.2, 0) is 26.7 Å². The Kier molecular flexibility index (Phi) is 6.04. The van der Waals surface area contributed by atoms with Crippen molar-refractivity contribution in [2.75, 3.05) is 24.6 Å². The number of anilines is 1. The van der Waals surface area contributed by atoms with Crippen LogP contribution in [0.3, 0.4) is 0 Å². The van der Waals surface area contributed by atoms with Gasteiger partial charge in [0.05, 0.1) is 17.2 Å². The molecule has 1 atom stereocenters. The molecule has 3 aliphatic rings. The van der Waals surface area contributed by atoms with E-state index in [4.69, 9.17) is 16.3 Å². The lowest BCUT2D eigenvalue weighted by Gasteiger charge is -2.41. The quantitative estimate of drug-likeness (QED) is 0.587. The Balaban J connectivity index is 1.58. The Morgan fingerprint density at radius 1 is 1.00 bits per heavy atom. The van der Waals surface area contributed by atoms with Gasteiger partial charge in [0.1, 0.15) is 5.75 Å². The highest BCUT2D eigenvalue weighted by molar-refractivity contribution is 7.90. The van der Waals surface area contributed by atoms with E-state index in [2.05, 4.69) is 21.8 Å². The van der Waals surface area contributed by atoms with Gasteiger partial charge in [0.25, 0.3) is 10.0 Å². The van der Waals surface area contributed by atoms with Crippen molar-refractivity contribution in [2.24, 2.45) is 0 Å². The highest BCUT2D eigenvalue weighted by Crippen LogP contribution is 2.44. The van der Waals surface area contributed by atoms with Gasteiger partial charge in [-0.2, -0.15) is 0 Å². The van der Waals surface area contributed by atoms with Crippen LogP contribution in [-0.4, -0.2) is 34.0 Å². The van der Waals surface area contributed by atoms with Gasteiger partial charge in [-0.05, 0) is 73.6 Å². The SMILES string of the molecule is O=C1CCCCCCN2CC3(CCCc4cc(Cl)ccc43)COc3ccc(cc32)S(=O)(=O)N1. The van der Waals surface area contributed by atoms with Crippen molar-refractivity contribution >= 4 is 33.2 Å². The summed E-state index contributed by atoms with van der Waals surface area (Å²) in [6.45, 7) is 2.10. The summed E-state index contributed by atoms with van der Waals surface area (Å²) in [4.78, 5) is 14.5. The molecule has 2 aromatic rings. The summed E-state index contributed by atoms with van der Waals surface area (Å²) in [5, 5.41) is 0.753. The number of hydrogen-bond acceptors (Lipinski definition) is 5. The number of amides is 1. The summed E-state index contributed by atoms with van der Waals surface area (Å²) < 4.78 is 34.3. The van der Waals surface area contributed by atoms with E-state index < -0.39 is 15.9 Å². The number of benzene rings is 2. The summed E-state index contributed by atoms with van der Waals surface area (Å²) >= 11 is 6.30. The predicted octanol–water partition coefficient (Wildman–Crippen LogP) is 4.58. The molecule has 2 aromatic carbocycles. The topological polar surface area (TPSA) is 75.7 Å². The van der Waals surface area contributed by atoms with Crippen LogP contribution < -0.4 is 14.4 Å². The number of ether oxygens (including phenoxy) is 1. The summed E-state index contributed by atoms with van der Waals surface area (Å²) in [7, 11) is -3.93. The van der Waals surface area contributed by atoms with Crippen molar-refractivity contribution < 1.29 is 17.9 Å². The minimum atomic E-state index is -3.93. The number of carbonyl (C=O) groups excluding carboxylic acids is 1. The molecule has 0 radical (unpaired) electrons. The first kappa shape index (κ1) is 22.5. The number of nitrogens with zero attached hydrogens (tertiary/aromatic N) is 1. The number of nitrogens with one attached hydrogen (secondary N) is 1. The maximum Gasteiger partial charge on any atom is 0.264 e. The number of sulfonamides is 1. The molecule has 1 amide bonds. The van der Waals surface area contributed by atoms with Crippen LogP contribution >= 0.6 is 11.6 Å². The molecule has 5 rings (SSSR count). The van der Waals surface area contributed by atoms with Crippen LogP contribution in [0.4, 0.5) is 5.69 Å². The summed E-state index contributed by atoms with van der Waals surface area (Å²) in [5.41, 5.74) is 3.16. The van der Waals surface area contributed by atoms with Crippen molar-refractivity contribution in [3.8, 4) is 5.75 Å². The second kappa shape index (κ2) is 8.84. The van der Waals surface area contributed by atoms with Gasteiger partial charge in [-0.3, -0.25) is 4.79 Å². The number of rotatable bonds is 0. The van der Waals surface area contributed by atoms with Crippen LogP contribution in [0.5, 0.6) is 5.75 Å². The molecular weight excluding hydrogens is 460 g/mol. The van der Waals surface area contributed by atoms with E-state index in [1.165, 1.54) is 17.2 Å². The average molecular weight is 489 g/mol. The van der Waals surface area contributed by atoms with Crippen molar-refractivity contribution in [1.82, 2.24) is 4.72 Å². The van der Waals surface area contributed by atoms with Crippen molar-refractivity contribution in [3.05, 3.63) is 52.5 Å². The Morgan fingerprint density at radius 3 is 2.73 bits per heavy atom. The fraction of sp³-hybridized carbons (Fsp3) is 0.480. The van der Waals surface area contributed by atoms with Crippen LogP contribution in [0.25, 0.3) is 0 Å². The molecule has 1 N–H and O–H groups in total. The lowest BCUT2D eigenvalue weighted by molar-refractivity contribution is -0.119. The molecule has 0 saturated carbocycles. The van der Waals surface area contributed by atoms with Crippen molar-refractivity contribution in [1.29, 1.82) is 0 Å². The second-order valence-corrected chi connectivity index (χ2v) is 11.6. The molecule has 176 valence electrons. The maximum absolute atomic E-state index is 12.9. The Hall–Kier alpha value is -2.25. The molecule has 1 aliphatic carbocycles. The summed E-state index contributed by atoms with van der Waals surface area (Å²) in [5.74, 6) is 0.238. The number of halogens is 1. The van der Waals surface area contributed by atoms with E-state index in [1.807, 2.05) is 6.07 Å². The molecule has 6 nitrogen and oxygen atoms in total. The standard InChI is InChI=1S/C25H29ClN2O4S/c26-19-8-10-21-18(14-19)6-5-12-25(21)16-28-13-4-2-1-3-7-24(29)27-33(30,31)20-9-11-23(32-17-25)22(28)15-20/h8-11,14-15H,1-7,12-13,16-17H2,(H,27,29). The van der Waals surface area contributed by atoms with Gasteiger partial charge in [-0.15, -0.1) is 0 Å². The van der Waals surface area contributed by atoms with E-state index in [1.54, 1.807) is 12.1 Å². The van der Waals surface area contributed by atoms with Gasteiger partial charge < -0.3 is 9.64 Å². The lowest BCUT2D eigenvalue weighted by atomic mass is 9.70. The molecule has 1 spiro atoms. The number of carbonyl (C=O) groups is 1. The molecule has 33 heavy (non-hydrogen) atoms. The summed E-state index contributed by atoms with van der Waals surface area (Å²) in [6, 6.07) is 11.1. The minimum absolute atomic E-state index is 0.0919. The molecular formula is C25H29ClN2O4S. The van der Waals surface area contributed by atoms with Gasteiger partial charge in [0.15, 0.2) is 0 Å². The van der Waals surface area contributed by atoms with Crippen LogP contribution in [0, 0.1) is 0 Å². The molecule has 0 saturated heterocycles. The zero-order chi connectivity index (χ0) is 23.1. The zero-order valence-electron chi connectivity index (χ0n) is 18.6. The van der Waals surface area contributed by atoms with Gasteiger partial charge >= 0.3 is 0 Å². The maximum atomic E-state index is 12.9. The second-order valence-electron chi connectivity index (χ2n) is 9.47. The van der Waals surface area contributed by atoms with E-state index >= 15 is 0 Å². The third kappa shape index (κ3) is 4.45. The van der Waals surface area contributed by atoms with Crippen molar-refractivity contribution in [3.63, 3.8) is 0 Å². The average Bonchev–Trinajstić information content (AvgIpc) is 2.92. The molecule has 1 unspecified atom stereocenters. The van der Waals surface area contributed by atoms with Gasteiger partial charge in [-0.1, -0.05) is 30.5 Å². The highest BCUT2D eigenvalue weighted by atomic mass is 35.5. The largest absolute Gasteiger partial charge is 0.490 e. The fourth-order valence-corrected chi connectivity index (χ4v) is 6.73. The number of aryl methyl sites for hydroxylation is 1. The molecule has 8 heteroatoms. The molecule has 2 bridgehead atoms. The normalized spacial score (nSPS) is 24.9. The predicted molar refractivity (Wildman–Crippen MR) is 129 cm³/mol. The van der Waals surface area contributed by atoms with Crippen LogP contribution in [0.1, 0.15) is 56.1 Å². The van der Waals surface area contributed by atoms with Crippen molar-refractivity contribution in [2.45, 2.75) is 61.7 Å². The molecule has 0 fully saturated rings. The zero-order valence-corrected chi connectivity index (χ0v) is 20.2. The first-order valence-electron chi connectivity index (χ1n) is 11.7. The smallest absolute Gasteiger partial charge is 0.264 e. The van der Waals surface area contributed by atoms with Gasteiger partial charge in [0, 0.05) is 29.9 Å². The Bertz CT molecular complexity index is 1180. The number of hydrogen-bond donors (Lipinski definition) is 1. The highest BCUT2D eigenvalue weighted by Gasteiger charge is 2.41. The fourth-order valence-electron chi connectivity index (χ4n) is 5.50. The first-order valence-corrected chi connectivity index (χ1v) is 13.6. The van der Waals surface area contributed by atoms with E-state index in [0.29, 0.717) is 18.8 Å². The van der Waals surface area contributed by atoms with E-state index in [9.17, 15) is 13.2 Å². The third-order valence-electron chi connectivity index (χ3n) is 7.15. The van der Waals surface area contributed by atoms with Crippen LogP contribution in [0.2, 0.25) is 5.02 Å². The monoisotopic (exact) mass is 488 g/mol. The van der Waals surface area contributed by atoms with Gasteiger partial charge in [-0.25, -0.2) is 13.1 Å².